The standard InChI is InChI=1S/C16H19NO3/c1-2-20-14(19)16(10-17)13-12(18)8-9-15(13,16)11-6-4-3-5-7-11/h6,13H,2-5,7-9H2,1H3/t13?,15?,16-/m0/s1. The highest BCUT2D eigenvalue weighted by atomic mass is 16.5. The lowest BCUT2D eigenvalue weighted by molar-refractivity contribution is -0.150. The molecule has 2 unspecified atom stereocenters. The minimum atomic E-state index is -1.23. The normalized spacial score (nSPS) is 38.7. The summed E-state index contributed by atoms with van der Waals surface area (Å²) in [6.45, 7) is 1.98. The summed E-state index contributed by atoms with van der Waals surface area (Å²) < 4.78 is 5.12. The van der Waals surface area contributed by atoms with Gasteiger partial charge in [0.05, 0.1) is 18.6 Å². The minimum Gasteiger partial charge on any atom is -0.465 e. The first-order valence-electron chi connectivity index (χ1n) is 7.46. The molecule has 0 aliphatic heterocycles. The van der Waals surface area contributed by atoms with Crippen molar-refractivity contribution in [3.63, 3.8) is 0 Å². The molecule has 3 atom stereocenters. The number of esters is 1. The second-order valence-corrected chi connectivity index (χ2v) is 5.99. The highest BCUT2D eigenvalue weighted by molar-refractivity contribution is 6.03. The van der Waals surface area contributed by atoms with Gasteiger partial charge in [0.15, 0.2) is 5.41 Å². The van der Waals surface area contributed by atoms with Crippen molar-refractivity contribution in [2.45, 2.75) is 45.4 Å². The van der Waals surface area contributed by atoms with Crippen LogP contribution in [0.25, 0.3) is 0 Å². The van der Waals surface area contributed by atoms with E-state index < -0.39 is 22.7 Å². The molecule has 4 heteroatoms. The molecule has 3 aliphatic carbocycles. The predicted molar refractivity (Wildman–Crippen MR) is 71.4 cm³/mol. The fourth-order valence-corrected chi connectivity index (χ4v) is 4.45. The number of hydrogen-bond acceptors (Lipinski definition) is 4. The lowest BCUT2D eigenvalue weighted by atomic mass is 9.79. The van der Waals surface area contributed by atoms with Crippen molar-refractivity contribution in [2.75, 3.05) is 6.61 Å². The molecular weight excluding hydrogens is 254 g/mol. The third-order valence-corrected chi connectivity index (χ3v) is 5.27. The number of Topliss-reactive ketones (excluding diaryl/α,β-unsaturated/α-hetero) is 1. The fraction of sp³-hybridized carbons (Fsp3) is 0.688. The Morgan fingerprint density at radius 1 is 1.50 bits per heavy atom. The van der Waals surface area contributed by atoms with Crippen LogP contribution in [0.1, 0.15) is 45.4 Å². The van der Waals surface area contributed by atoms with Gasteiger partial charge in [0.2, 0.25) is 0 Å². The number of nitrogens with zero attached hydrogens (tertiary/aromatic N) is 1. The summed E-state index contributed by atoms with van der Waals surface area (Å²) in [6, 6.07) is 2.17. The molecule has 0 N–H and O–H groups in total. The van der Waals surface area contributed by atoms with Crippen molar-refractivity contribution in [1.82, 2.24) is 0 Å². The van der Waals surface area contributed by atoms with Gasteiger partial charge in [-0.2, -0.15) is 5.26 Å². The molecule has 0 amide bonds. The molecule has 0 radical (unpaired) electrons. The third kappa shape index (κ3) is 1.36. The molecule has 2 fully saturated rings. The number of ether oxygens (including phenoxy) is 1. The number of nitriles is 1. The molecule has 0 spiro atoms. The van der Waals surface area contributed by atoms with Crippen molar-refractivity contribution >= 4 is 11.8 Å². The van der Waals surface area contributed by atoms with E-state index >= 15 is 0 Å². The van der Waals surface area contributed by atoms with Gasteiger partial charge in [-0.1, -0.05) is 11.6 Å². The zero-order valence-corrected chi connectivity index (χ0v) is 11.8. The van der Waals surface area contributed by atoms with Crippen molar-refractivity contribution in [3.05, 3.63) is 11.6 Å². The van der Waals surface area contributed by atoms with Crippen molar-refractivity contribution in [3.8, 4) is 6.07 Å². The average Bonchev–Trinajstić information content (AvgIpc) is 2.96. The lowest BCUT2D eigenvalue weighted by Crippen LogP contribution is -2.29. The molecule has 0 bridgehead atoms. The monoisotopic (exact) mass is 273 g/mol. The van der Waals surface area contributed by atoms with Crippen LogP contribution in [0.4, 0.5) is 0 Å². The molecule has 2 saturated carbocycles. The number of carbonyl (C=O) groups excluding carboxylic acids is 2. The summed E-state index contributed by atoms with van der Waals surface area (Å²) in [7, 11) is 0. The summed E-state index contributed by atoms with van der Waals surface area (Å²) >= 11 is 0. The Balaban J connectivity index is 2.04. The molecule has 0 aromatic heterocycles. The van der Waals surface area contributed by atoms with Crippen LogP contribution in [0, 0.1) is 28.1 Å². The number of hydrogen-bond donors (Lipinski definition) is 0. The molecule has 0 heterocycles. The van der Waals surface area contributed by atoms with E-state index in [2.05, 4.69) is 12.1 Å². The molecule has 3 rings (SSSR count). The Labute approximate surface area is 118 Å². The van der Waals surface area contributed by atoms with Crippen LogP contribution >= 0.6 is 0 Å². The summed E-state index contributed by atoms with van der Waals surface area (Å²) in [5, 5.41) is 9.64. The van der Waals surface area contributed by atoms with Gasteiger partial charge in [-0.3, -0.25) is 9.59 Å². The van der Waals surface area contributed by atoms with Gasteiger partial charge >= 0.3 is 5.97 Å². The summed E-state index contributed by atoms with van der Waals surface area (Å²) in [5.74, 6) is -0.887. The average molecular weight is 273 g/mol. The molecule has 0 aromatic carbocycles. The molecule has 106 valence electrons. The summed E-state index contributed by atoms with van der Waals surface area (Å²) in [4.78, 5) is 24.5. The number of fused-ring (bicyclic) bond motifs is 1. The van der Waals surface area contributed by atoms with E-state index in [0.29, 0.717) is 12.8 Å². The predicted octanol–water partition coefficient (Wildman–Crippen LogP) is 2.54. The first-order valence-corrected chi connectivity index (χ1v) is 7.46. The fourth-order valence-electron chi connectivity index (χ4n) is 4.45. The maximum atomic E-state index is 12.3. The largest absolute Gasteiger partial charge is 0.465 e. The van der Waals surface area contributed by atoms with Crippen LogP contribution in [0.5, 0.6) is 0 Å². The van der Waals surface area contributed by atoms with Crippen molar-refractivity contribution in [1.29, 1.82) is 5.26 Å². The summed E-state index contributed by atoms with van der Waals surface area (Å²) in [6.07, 6.45) is 7.41. The van der Waals surface area contributed by atoms with Gasteiger partial charge in [-0.25, -0.2) is 0 Å². The van der Waals surface area contributed by atoms with E-state index in [-0.39, 0.29) is 12.4 Å². The number of ketones is 1. The van der Waals surface area contributed by atoms with Crippen LogP contribution < -0.4 is 0 Å². The second-order valence-electron chi connectivity index (χ2n) is 5.99. The van der Waals surface area contributed by atoms with Gasteiger partial charge in [-0.15, -0.1) is 0 Å². The first-order chi connectivity index (χ1) is 9.65. The highest BCUT2D eigenvalue weighted by Gasteiger charge is 2.87. The second kappa shape index (κ2) is 4.44. The van der Waals surface area contributed by atoms with Gasteiger partial charge in [0.1, 0.15) is 5.78 Å². The van der Waals surface area contributed by atoms with E-state index in [1.54, 1.807) is 6.92 Å². The molecule has 20 heavy (non-hydrogen) atoms. The maximum Gasteiger partial charge on any atom is 0.328 e. The Bertz CT molecular complexity index is 544. The Hall–Kier alpha value is -1.63. The van der Waals surface area contributed by atoms with Gasteiger partial charge in [0.25, 0.3) is 0 Å². The molecule has 0 saturated heterocycles. The van der Waals surface area contributed by atoms with Crippen LogP contribution in [-0.2, 0) is 14.3 Å². The van der Waals surface area contributed by atoms with E-state index in [4.69, 9.17) is 4.74 Å². The quantitative estimate of drug-likeness (QED) is 0.585. The minimum absolute atomic E-state index is 0.0612. The van der Waals surface area contributed by atoms with E-state index in [0.717, 1.165) is 31.3 Å². The van der Waals surface area contributed by atoms with Crippen LogP contribution in [0.2, 0.25) is 0 Å². The number of allylic oxidation sites excluding steroid dienone is 2. The molecule has 3 aliphatic rings. The number of carbonyl (C=O) groups is 2. The highest BCUT2D eigenvalue weighted by Crippen LogP contribution is 2.79. The zero-order valence-electron chi connectivity index (χ0n) is 11.8. The van der Waals surface area contributed by atoms with Crippen molar-refractivity contribution < 1.29 is 14.3 Å². The molecular formula is C16H19NO3. The van der Waals surface area contributed by atoms with E-state index in [1.807, 2.05) is 0 Å². The summed E-state index contributed by atoms with van der Waals surface area (Å²) in [5.41, 5.74) is -0.610. The Kier molecular flexibility index (Phi) is 2.97. The van der Waals surface area contributed by atoms with Crippen LogP contribution in [0.15, 0.2) is 11.6 Å². The van der Waals surface area contributed by atoms with E-state index in [9.17, 15) is 14.9 Å². The smallest absolute Gasteiger partial charge is 0.328 e. The Morgan fingerprint density at radius 3 is 2.90 bits per heavy atom. The number of rotatable bonds is 3. The molecule has 0 aromatic rings. The van der Waals surface area contributed by atoms with Gasteiger partial charge in [0, 0.05) is 11.8 Å². The third-order valence-electron chi connectivity index (χ3n) is 5.27. The van der Waals surface area contributed by atoms with Gasteiger partial charge in [-0.05, 0) is 39.0 Å². The van der Waals surface area contributed by atoms with Gasteiger partial charge < -0.3 is 4.74 Å². The van der Waals surface area contributed by atoms with E-state index in [1.165, 1.54) is 0 Å². The zero-order chi connectivity index (χ0) is 14.4. The van der Waals surface area contributed by atoms with Crippen LogP contribution in [0.3, 0.4) is 0 Å². The lowest BCUT2D eigenvalue weighted by Gasteiger charge is -2.24. The maximum absolute atomic E-state index is 12.3. The molecule has 4 nitrogen and oxygen atoms in total. The SMILES string of the molecule is CCOC(=O)[C@]1(C#N)C2C(=O)CCC21C1=CCCCC1. The van der Waals surface area contributed by atoms with Crippen molar-refractivity contribution in [2.24, 2.45) is 16.7 Å². The Morgan fingerprint density at radius 2 is 2.30 bits per heavy atom. The topological polar surface area (TPSA) is 67.2 Å². The van der Waals surface area contributed by atoms with Crippen LogP contribution in [-0.4, -0.2) is 18.4 Å². The first kappa shape index (κ1) is 13.4.